The zero-order valence-corrected chi connectivity index (χ0v) is 22.4. The van der Waals surface area contributed by atoms with Gasteiger partial charge in [-0.25, -0.2) is 4.98 Å². The largest absolute Gasteiger partial charge is 0.306 e. The Morgan fingerprint density at radius 1 is 0.600 bits per heavy atom. The second-order valence-electron chi connectivity index (χ2n) is 11.7. The third-order valence-electron chi connectivity index (χ3n) is 9.18. The van der Waals surface area contributed by atoms with Gasteiger partial charge in [0.25, 0.3) is 0 Å². The Morgan fingerprint density at radius 3 is 2.20 bits per heavy atom. The van der Waals surface area contributed by atoms with Crippen molar-refractivity contribution < 1.29 is 0 Å². The van der Waals surface area contributed by atoms with Gasteiger partial charge in [0.15, 0.2) is 0 Å². The van der Waals surface area contributed by atoms with E-state index in [1.165, 1.54) is 65.7 Å². The molecule has 2 heteroatoms. The molecule has 0 spiro atoms. The number of rotatable bonds is 2. The van der Waals surface area contributed by atoms with Crippen LogP contribution in [0.4, 0.5) is 0 Å². The Kier molecular flexibility index (Phi) is 4.15. The molecule has 0 amide bonds. The summed E-state index contributed by atoms with van der Waals surface area (Å²) < 4.78 is 2.07. The summed E-state index contributed by atoms with van der Waals surface area (Å²) in [5, 5.41) is 8.03. The first-order chi connectivity index (χ1) is 19.6. The first-order valence-electron chi connectivity index (χ1n) is 14.0. The highest BCUT2D eigenvalue weighted by atomic mass is 15.0. The van der Waals surface area contributed by atoms with Crippen LogP contribution in [-0.2, 0) is 5.41 Å². The van der Waals surface area contributed by atoms with Crippen molar-refractivity contribution in [1.82, 2.24) is 9.38 Å². The number of aromatic nitrogens is 2. The highest BCUT2D eigenvalue weighted by Gasteiger charge is 2.36. The van der Waals surface area contributed by atoms with E-state index < -0.39 is 0 Å². The lowest BCUT2D eigenvalue weighted by atomic mass is 9.80. The van der Waals surface area contributed by atoms with Gasteiger partial charge in [0.1, 0.15) is 5.65 Å². The van der Waals surface area contributed by atoms with Gasteiger partial charge in [-0.1, -0.05) is 105 Å². The SMILES string of the molecule is CC1(C)c2ccccc2-c2c1cc1ccc3c(-c4ccc(-c5cn6ccccc6n5)cc4)ccc4ccc2c1c43. The monoisotopic (exact) mass is 510 g/mol. The van der Waals surface area contributed by atoms with Gasteiger partial charge < -0.3 is 4.40 Å². The number of imidazole rings is 1. The second-order valence-corrected chi connectivity index (χ2v) is 11.7. The van der Waals surface area contributed by atoms with Crippen molar-refractivity contribution in [2.24, 2.45) is 0 Å². The molecular formula is C38H26N2. The van der Waals surface area contributed by atoms with Crippen LogP contribution in [-0.4, -0.2) is 9.38 Å². The van der Waals surface area contributed by atoms with Gasteiger partial charge in [-0.05, 0) is 83.9 Å². The van der Waals surface area contributed by atoms with Crippen LogP contribution in [0, 0.1) is 0 Å². The molecule has 2 aromatic heterocycles. The van der Waals surface area contributed by atoms with Gasteiger partial charge in [-0.3, -0.25) is 0 Å². The Morgan fingerprint density at radius 2 is 1.32 bits per heavy atom. The first-order valence-corrected chi connectivity index (χ1v) is 14.0. The van der Waals surface area contributed by atoms with Crippen LogP contribution in [0.3, 0.4) is 0 Å². The molecular weight excluding hydrogens is 484 g/mol. The molecule has 9 rings (SSSR count). The van der Waals surface area contributed by atoms with E-state index >= 15 is 0 Å². The van der Waals surface area contributed by atoms with E-state index in [1.54, 1.807) is 0 Å². The van der Waals surface area contributed by atoms with Gasteiger partial charge in [0, 0.05) is 23.4 Å². The standard InChI is InChI=1S/C38H26N2/c1-38(2)31-8-4-3-7-29(31)37-30-19-15-25-14-17-27(28-18-16-26(21-32(37)38)36(30)35(25)28)23-10-12-24(13-11-23)33-22-40-20-6-5-9-34(40)39-33/h3-22H,1-2H3. The molecule has 8 aromatic rings. The number of hydrogen-bond acceptors (Lipinski definition) is 1. The number of fused-ring (bicyclic) bond motifs is 5. The molecule has 6 aromatic carbocycles. The van der Waals surface area contributed by atoms with Crippen molar-refractivity contribution in [3.63, 3.8) is 0 Å². The summed E-state index contributed by atoms with van der Waals surface area (Å²) in [5.74, 6) is 0. The van der Waals surface area contributed by atoms with Crippen LogP contribution < -0.4 is 0 Å². The highest BCUT2D eigenvalue weighted by Crippen LogP contribution is 2.53. The molecule has 0 fully saturated rings. The molecule has 1 aliphatic rings. The van der Waals surface area contributed by atoms with Crippen molar-refractivity contribution in [3.8, 4) is 33.5 Å². The minimum atomic E-state index is -0.00972. The van der Waals surface area contributed by atoms with Crippen molar-refractivity contribution in [1.29, 1.82) is 0 Å². The van der Waals surface area contributed by atoms with Gasteiger partial charge in [-0.2, -0.15) is 0 Å². The molecule has 0 aliphatic heterocycles. The predicted molar refractivity (Wildman–Crippen MR) is 167 cm³/mol. The third kappa shape index (κ3) is 2.80. The maximum atomic E-state index is 4.81. The average Bonchev–Trinajstić information content (AvgIpc) is 3.53. The fourth-order valence-corrected chi connectivity index (χ4v) is 7.20. The molecule has 0 bridgehead atoms. The summed E-state index contributed by atoms with van der Waals surface area (Å²) >= 11 is 0. The Bertz CT molecular complexity index is 2250. The number of hydrogen-bond donors (Lipinski definition) is 0. The molecule has 0 radical (unpaired) electrons. The van der Waals surface area contributed by atoms with Crippen LogP contribution >= 0.6 is 0 Å². The zero-order valence-electron chi connectivity index (χ0n) is 22.4. The van der Waals surface area contributed by atoms with Gasteiger partial charge in [0.05, 0.1) is 5.69 Å². The Labute approximate surface area is 232 Å². The van der Waals surface area contributed by atoms with Crippen LogP contribution in [0.1, 0.15) is 25.0 Å². The molecule has 2 nitrogen and oxygen atoms in total. The van der Waals surface area contributed by atoms with Crippen LogP contribution in [0.15, 0.2) is 122 Å². The van der Waals surface area contributed by atoms with E-state index in [9.17, 15) is 0 Å². The molecule has 0 saturated carbocycles. The van der Waals surface area contributed by atoms with E-state index in [0.717, 1.165) is 16.9 Å². The summed E-state index contributed by atoms with van der Waals surface area (Å²) in [4.78, 5) is 4.81. The lowest BCUT2D eigenvalue weighted by Gasteiger charge is -2.23. The summed E-state index contributed by atoms with van der Waals surface area (Å²) in [7, 11) is 0. The Balaban J connectivity index is 1.25. The van der Waals surface area contributed by atoms with Gasteiger partial charge in [0.2, 0.25) is 0 Å². The van der Waals surface area contributed by atoms with Crippen LogP contribution in [0.25, 0.3) is 71.5 Å². The highest BCUT2D eigenvalue weighted by molar-refractivity contribution is 6.28. The van der Waals surface area contributed by atoms with E-state index in [4.69, 9.17) is 4.98 Å². The first kappa shape index (κ1) is 21.9. The van der Waals surface area contributed by atoms with Crippen molar-refractivity contribution in [2.45, 2.75) is 19.3 Å². The topological polar surface area (TPSA) is 17.3 Å². The number of nitrogens with zero attached hydrogens (tertiary/aromatic N) is 2. The van der Waals surface area contributed by atoms with Crippen molar-refractivity contribution in [2.75, 3.05) is 0 Å². The van der Waals surface area contributed by atoms with E-state index in [1.807, 2.05) is 24.4 Å². The van der Waals surface area contributed by atoms with Gasteiger partial charge >= 0.3 is 0 Å². The average molecular weight is 511 g/mol. The Hall–Kier alpha value is -4.95. The quantitative estimate of drug-likeness (QED) is 0.212. The summed E-state index contributed by atoms with van der Waals surface area (Å²) in [5.41, 5.74) is 11.2. The molecule has 0 atom stereocenters. The lowest BCUT2D eigenvalue weighted by molar-refractivity contribution is 0.661. The zero-order chi connectivity index (χ0) is 26.6. The number of benzene rings is 6. The fourth-order valence-electron chi connectivity index (χ4n) is 7.20. The molecule has 40 heavy (non-hydrogen) atoms. The second kappa shape index (κ2) is 7.58. The molecule has 0 saturated heterocycles. The molecule has 1 aliphatic carbocycles. The van der Waals surface area contributed by atoms with E-state index in [-0.39, 0.29) is 5.41 Å². The summed E-state index contributed by atoms with van der Waals surface area (Å²) in [6, 6.07) is 40.3. The van der Waals surface area contributed by atoms with Crippen molar-refractivity contribution >= 4 is 38.0 Å². The minimum Gasteiger partial charge on any atom is -0.306 e. The third-order valence-corrected chi connectivity index (χ3v) is 9.18. The maximum absolute atomic E-state index is 4.81. The molecule has 2 heterocycles. The summed E-state index contributed by atoms with van der Waals surface area (Å²) in [6.45, 7) is 4.73. The van der Waals surface area contributed by atoms with Gasteiger partial charge in [-0.15, -0.1) is 0 Å². The smallest absolute Gasteiger partial charge is 0.137 e. The molecule has 0 N–H and O–H groups in total. The summed E-state index contributed by atoms with van der Waals surface area (Å²) in [6.07, 6.45) is 4.14. The van der Waals surface area contributed by atoms with Crippen LogP contribution in [0.5, 0.6) is 0 Å². The normalized spacial score (nSPS) is 13.9. The van der Waals surface area contributed by atoms with Crippen LogP contribution in [0.2, 0.25) is 0 Å². The molecule has 0 unspecified atom stereocenters. The number of pyridine rings is 1. The minimum absolute atomic E-state index is 0.00972. The fraction of sp³-hybridized carbons (Fsp3) is 0.0789. The molecule has 188 valence electrons. The van der Waals surface area contributed by atoms with E-state index in [2.05, 4.69) is 115 Å². The maximum Gasteiger partial charge on any atom is 0.137 e. The predicted octanol–water partition coefficient (Wildman–Crippen LogP) is 9.87. The van der Waals surface area contributed by atoms with E-state index in [0.29, 0.717) is 0 Å². The lowest BCUT2D eigenvalue weighted by Crippen LogP contribution is -2.14. The van der Waals surface area contributed by atoms with Crippen molar-refractivity contribution in [3.05, 3.63) is 133 Å².